The lowest BCUT2D eigenvalue weighted by Gasteiger charge is -2.47. The molecular formula is C12H22O14S. The maximum atomic E-state index is 11.3. The average molecular weight is 422 g/mol. The summed E-state index contributed by atoms with van der Waals surface area (Å²) in [7, 11) is -5.48. The van der Waals surface area contributed by atoms with Gasteiger partial charge in [0.1, 0.15) is 42.7 Å². The number of rotatable bonds is 5. The lowest BCUT2D eigenvalue weighted by atomic mass is 9.97. The molecule has 9 N–H and O–H groups in total. The Labute approximate surface area is 152 Å². The van der Waals surface area contributed by atoms with Crippen LogP contribution in [0.15, 0.2) is 0 Å². The van der Waals surface area contributed by atoms with E-state index in [0.717, 1.165) is 0 Å². The summed E-state index contributed by atoms with van der Waals surface area (Å²) in [5, 5.41) is 73.9. The predicted molar refractivity (Wildman–Crippen MR) is 79.1 cm³/mol. The molecule has 14 nitrogen and oxygen atoms in total. The Morgan fingerprint density at radius 3 is 1.93 bits per heavy atom. The van der Waals surface area contributed by atoms with Gasteiger partial charge in [-0.1, -0.05) is 0 Å². The molecule has 2 rings (SSSR count). The van der Waals surface area contributed by atoms with Crippen LogP contribution in [0.3, 0.4) is 0 Å². The van der Waals surface area contributed by atoms with Crippen LogP contribution in [0.4, 0.5) is 0 Å². The topological polar surface area (TPSA) is 244 Å². The highest BCUT2D eigenvalue weighted by molar-refractivity contribution is 7.86. The second-order valence-electron chi connectivity index (χ2n) is 6.18. The summed E-state index contributed by atoms with van der Waals surface area (Å²) < 4.78 is 46.4. The first-order valence-electron chi connectivity index (χ1n) is 7.69. The van der Waals surface area contributed by atoms with E-state index in [1.807, 2.05) is 0 Å². The molecule has 10 atom stereocenters. The molecule has 1 unspecified atom stereocenters. The van der Waals surface area contributed by atoms with Crippen molar-refractivity contribution in [2.24, 2.45) is 0 Å². The molecule has 0 spiro atoms. The van der Waals surface area contributed by atoms with Gasteiger partial charge in [0.2, 0.25) is 0 Å². The summed E-state index contributed by atoms with van der Waals surface area (Å²) in [6.45, 7) is -1.87. The monoisotopic (exact) mass is 422 g/mol. The van der Waals surface area contributed by atoms with E-state index in [4.69, 9.17) is 19.1 Å². The minimum atomic E-state index is -5.48. The van der Waals surface area contributed by atoms with Crippen molar-refractivity contribution in [3.63, 3.8) is 0 Å². The van der Waals surface area contributed by atoms with Crippen LogP contribution >= 0.6 is 0 Å². The lowest BCUT2D eigenvalue weighted by Crippen LogP contribution is -2.69. The third kappa shape index (κ3) is 3.97. The number of hydrogen-bond donors (Lipinski definition) is 9. The maximum absolute atomic E-state index is 11.3. The first kappa shape index (κ1) is 22.8. The summed E-state index contributed by atoms with van der Waals surface area (Å²) in [5.74, 6) is 0. The lowest BCUT2D eigenvalue weighted by molar-refractivity contribution is -0.364. The van der Waals surface area contributed by atoms with E-state index in [-0.39, 0.29) is 0 Å². The van der Waals surface area contributed by atoms with Crippen molar-refractivity contribution >= 4 is 10.1 Å². The second-order valence-corrected chi connectivity index (χ2v) is 7.71. The SMILES string of the molecule is O=S(=O)(O)C1(O)O[C@H](CO)[C@@H](O[C@@H]2O[C@H](CO)[C@H](O)[C@H](O)[C@H]2O)[C@H](O)[C@H]1O. The van der Waals surface area contributed by atoms with E-state index in [9.17, 15) is 44.2 Å². The van der Waals surface area contributed by atoms with Crippen LogP contribution in [0.2, 0.25) is 0 Å². The number of aliphatic hydroxyl groups excluding tert-OH is 7. The number of aliphatic hydroxyl groups is 8. The van der Waals surface area contributed by atoms with Crippen LogP contribution in [-0.4, -0.2) is 127 Å². The molecule has 2 fully saturated rings. The van der Waals surface area contributed by atoms with Crippen LogP contribution in [0.25, 0.3) is 0 Å². The molecule has 2 saturated heterocycles. The summed E-state index contributed by atoms with van der Waals surface area (Å²) >= 11 is 0. The normalized spacial score (nSPS) is 49.1. The van der Waals surface area contributed by atoms with Gasteiger partial charge in [0.15, 0.2) is 12.4 Å². The van der Waals surface area contributed by atoms with Crippen molar-refractivity contribution in [2.45, 2.75) is 60.2 Å². The third-order valence-electron chi connectivity index (χ3n) is 4.41. The Morgan fingerprint density at radius 2 is 1.44 bits per heavy atom. The Balaban J connectivity index is 2.25. The molecule has 0 aliphatic carbocycles. The van der Waals surface area contributed by atoms with Gasteiger partial charge in [-0.05, 0) is 0 Å². The van der Waals surface area contributed by atoms with E-state index in [0.29, 0.717) is 0 Å². The molecule has 2 heterocycles. The molecule has 0 aromatic rings. The highest BCUT2D eigenvalue weighted by Crippen LogP contribution is 2.35. The summed E-state index contributed by atoms with van der Waals surface area (Å²) in [6.07, 6.45) is -17.3. The van der Waals surface area contributed by atoms with E-state index < -0.39 is 83.6 Å². The third-order valence-corrected chi connectivity index (χ3v) is 5.49. The highest BCUT2D eigenvalue weighted by atomic mass is 32.2. The van der Waals surface area contributed by atoms with Crippen LogP contribution in [0.5, 0.6) is 0 Å². The fraction of sp³-hybridized carbons (Fsp3) is 1.00. The zero-order valence-corrected chi connectivity index (χ0v) is 14.4. The standard InChI is InChI=1S/C12H22O14S/c13-1-3-5(15)6(16)7(17)11(24-3)25-9-4(2-14)26-12(20,27(21,22)23)10(19)8(9)18/h3-11,13-20H,1-2H2,(H,21,22,23)/t3-,4-,5+,6+,7-,8+,9-,10-,11+,12?/m1/s1. The molecule has 0 aromatic carbocycles. The van der Waals surface area contributed by atoms with Gasteiger partial charge in [-0.15, -0.1) is 0 Å². The van der Waals surface area contributed by atoms with Gasteiger partial charge >= 0.3 is 15.2 Å². The average Bonchev–Trinajstić information content (AvgIpc) is 2.60. The van der Waals surface area contributed by atoms with Gasteiger partial charge in [0.05, 0.1) is 13.2 Å². The molecule has 15 heteroatoms. The zero-order chi connectivity index (χ0) is 20.7. The Kier molecular flexibility index (Phi) is 6.80. The summed E-state index contributed by atoms with van der Waals surface area (Å²) in [5.41, 5.74) is 0. The van der Waals surface area contributed by atoms with Crippen molar-refractivity contribution in [3.8, 4) is 0 Å². The molecule has 0 aromatic heterocycles. The van der Waals surface area contributed by atoms with Gasteiger partial charge in [-0.3, -0.25) is 4.55 Å². The van der Waals surface area contributed by atoms with E-state index in [2.05, 4.69) is 4.74 Å². The van der Waals surface area contributed by atoms with Crippen molar-refractivity contribution in [3.05, 3.63) is 0 Å². The number of hydrogen-bond acceptors (Lipinski definition) is 13. The van der Waals surface area contributed by atoms with Crippen LogP contribution < -0.4 is 0 Å². The second kappa shape index (κ2) is 8.07. The van der Waals surface area contributed by atoms with Gasteiger partial charge < -0.3 is 55.1 Å². The van der Waals surface area contributed by atoms with E-state index >= 15 is 0 Å². The van der Waals surface area contributed by atoms with Crippen LogP contribution in [0.1, 0.15) is 0 Å². The molecule has 0 saturated carbocycles. The first-order chi connectivity index (χ1) is 12.4. The van der Waals surface area contributed by atoms with Crippen LogP contribution in [-0.2, 0) is 24.3 Å². The molecule has 27 heavy (non-hydrogen) atoms. The Bertz CT molecular complexity index is 609. The molecule has 0 radical (unpaired) electrons. The van der Waals surface area contributed by atoms with Gasteiger partial charge in [0.25, 0.3) is 0 Å². The van der Waals surface area contributed by atoms with Crippen molar-refractivity contribution in [1.82, 2.24) is 0 Å². The van der Waals surface area contributed by atoms with Crippen molar-refractivity contribution < 1.29 is 68.0 Å². The fourth-order valence-electron chi connectivity index (χ4n) is 2.83. The molecule has 2 aliphatic rings. The minimum absolute atomic E-state index is 0.789. The van der Waals surface area contributed by atoms with Crippen LogP contribution in [0, 0.1) is 0 Å². The molecule has 0 amide bonds. The van der Waals surface area contributed by atoms with E-state index in [1.54, 1.807) is 0 Å². The molecule has 2 aliphatic heterocycles. The fourth-order valence-corrected chi connectivity index (χ4v) is 3.52. The summed E-state index contributed by atoms with van der Waals surface area (Å²) in [4.78, 5) is 0. The first-order valence-corrected chi connectivity index (χ1v) is 9.13. The number of ether oxygens (including phenoxy) is 3. The molecule has 160 valence electrons. The smallest absolute Gasteiger partial charge is 0.327 e. The largest absolute Gasteiger partial charge is 0.394 e. The molecule has 0 bridgehead atoms. The van der Waals surface area contributed by atoms with Gasteiger partial charge in [0, 0.05) is 0 Å². The van der Waals surface area contributed by atoms with Crippen molar-refractivity contribution in [2.75, 3.05) is 13.2 Å². The van der Waals surface area contributed by atoms with Gasteiger partial charge in [-0.25, -0.2) is 0 Å². The minimum Gasteiger partial charge on any atom is -0.394 e. The Morgan fingerprint density at radius 1 is 0.889 bits per heavy atom. The Hall–Kier alpha value is -0.530. The highest BCUT2D eigenvalue weighted by Gasteiger charge is 2.62. The quantitative estimate of drug-likeness (QED) is 0.187. The molecular weight excluding hydrogens is 400 g/mol. The maximum Gasteiger partial charge on any atom is 0.327 e. The van der Waals surface area contributed by atoms with Gasteiger partial charge in [-0.2, -0.15) is 8.42 Å². The van der Waals surface area contributed by atoms with Crippen molar-refractivity contribution in [1.29, 1.82) is 0 Å². The summed E-state index contributed by atoms with van der Waals surface area (Å²) in [6, 6.07) is 0. The zero-order valence-electron chi connectivity index (χ0n) is 13.6. The van der Waals surface area contributed by atoms with E-state index in [1.165, 1.54) is 0 Å². The predicted octanol–water partition coefficient (Wildman–Crippen LogP) is -6.18.